The van der Waals surface area contributed by atoms with Gasteiger partial charge >= 0.3 is 0 Å². The summed E-state index contributed by atoms with van der Waals surface area (Å²) in [7, 11) is 0. The maximum absolute atomic E-state index is 13.7. The summed E-state index contributed by atoms with van der Waals surface area (Å²) in [6.07, 6.45) is 0.231. The first kappa shape index (κ1) is 38.2. The van der Waals surface area contributed by atoms with Crippen molar-refractivity contribution in [2.24, 2.45) is 10.9 Å². The van der Waals surface area contributed by atoms with Crippen LogP contribution in [0.2, 0.25) is 0 Å². The lowest BCUT2D eigenvalue weighted by atomic mass is 9.78. The van der Waals surface area contributed by atoms with E-state index in [0.717, 1.165) is 53.9 Å². The molecule has 2 fully saturated rings. The van der Waals surface area contributed by atoms with Gasteiger partial charge in [-0.05, 0) is 71.5 Å². The van der Waals surface area contributed by atoms with Gasteiger partial charge in [-0.3, -0.25) is 14.6 Å². The zero-order chi connectivity index (χ0) is 37.3. The van der Waals surface area contributed by atoms with Gasteiger partial charge in [0.05, 0.1) is 37.6 Å². The number of fused-ring (bicyclic) bond motifs is 2. The fraction of sp³-hybridized carbons (Fsp3) is 0.333. The van der Waals surface area contributed by atoms with Crippen LogP contribution < -0.4 is 10.2 Å². The van der Waals surface area contributed by atoms with Crippen LogP contribution in [0.25, 0.3) is 0 Å². The number of carbonyl (C=O) groups excluding carboxylic acids is 3. The molecule has 2 saturated heterocycles. The van der Waals surface area contributed by atoms with E-state index in [4.69, 9.17) is 4.79 Å². The molecule has 272 valence electrons. The number of halogens is 2. The number of aliphatic hydroxyl groups is 1. The van der Waals surface area contributed by atoms with E-state index in [1.807, 2.05) is 57.0 Å². The third-order valence-electron chi connectivity index (χ3n) is 9.99. The van der Waals surface area contributed by atoms with E-state index in [9.17, 15) is 23.5 Å². The molecule has 2 N–H and O–H groups in total. The van der Waals surface area contributed by atoms with Crippen LogP contribution in [0.4, 0.5) is 14.5 Å². The second-order valence-corrected chi connectivity index (χ2v) is 13.4. The molecule has 3 atom stereocenters. The van der Waals surface area contributed by atoms with Crippen molar-refractivity contribution in [1.29, 1.82) is 0 Å². The highest BCUT2D eigenvalue weighted by Crippen LogP contribution is 2.46. The van der Waals surface area contributed by atoms with E-state index in [2.05, 4.69) is 22.4 Å². The molecule has 52 heavy (non-hydrogen) atoms. The highest BCUT2D eigenvalue weighted by molar-refractivity contribution is 6.03. The Morgan fingerprint density at radius 2 is 1.46 bits per heavy atom. The number of nitrogens with one attached hydrogen (secondary N) is 1. The highest BCUT2D eigenvalue weighted by atomic mass is 19.1. The van der Waals surface area contributed by atoms with Gasteiger partial charge in [-0.1, -0.05) is 74.5 Å². The Hall–Kier alpha value is -5.06. The van der Waals surface area contributed by atoms with Crippen LogP contribution in [0.15, 0.2) is 102 Å². The predicted molar refractivity (Wildman–Crippen MR) is 198 cm³/mol. The van der Waals surface area contributed by atoms with Gasteiger partial charge in [-0.25, -0.2) is 8.78 Å². The first-order valence-corrected chi connectivity index (χ1v) is 17.9. The van der Waals surface area contributed by atoms with Crippen molar-refractivity contribution in [2.45, 2.75) is 58.3 Å². The average molecular weight is 710 g/mol. The Labute approximate surface area is 304 Å². The molecule has 4 aliphatic heterocycles. The Morgan fingerprint density at radius 1 is 0.885 bits per heavy atom. The molecule has 0 aromatic heterocycles. The van der Waals surface area contributed by atoms with Gasteiger partial charge in [0.15, 0.2) is 0 Å². The molecule has 4 heterocycles. The second-order valence-electron chi connectivity index (χ2n) is 13.4. The summed E-state index contributed by atoms with van der Waals surface area (Å²) in [6, 6.07) is 27.4. The monoisotopic (exact) mass is 709 g/mol. The number of hydrogen-bond acceptors (Lipinski definition) is 5. The summed E-state index contributed by atoms with van der Waals surface area (Å²) in [6.45, 7) is 11.6. The number of hydrogen-bond donors (Lipinski definition) is 2. The maximum atomic E-state index is 13.7. The van der Waals surface area contributed by atoms with Crippen LogP contribution in [0, 0.1) is 17.6 Å². The summed E-state index contributed by atoms with van der Waals surface area (Å²) >= 11 is 0. The van der Waals surface area contributed by atoms with E-state index in [1.165, 1.54) is 35.5 Å². The zero-order valence-corrected chi connectivity index (χ0v) is 29.8. The van der Waals surface area contributed by atoms with Crippen LogP contribution in [-0.4, -0.2) is 60.1 Å². The van der Waals surface area contributed by atoms with Gasteiger partial charge in [-0.2, -0.15) is 0 Å². The number of aliphatic hydroxyl groups excluding tert-OH is 1. The van der Waals surface area contributed by atoms with E-state index in [-0.39, 0.29) is 35.4 Å². The van der Waals surface area contributed by atoms with Crippen LogP contribution in [0.5, 0.6) is 0 Å². The Bertz CT molecular complexity index is 1820. The third kappa shape index (κ3) is 8.86. The lowest BCUT2D eigenvalue weighted by Crippen LogP contribution is -2.67. The number of anilines is 1. The first-order valence-electron chi connectivity index (χ1n) is 17.9. The Balaban J connectivity index is 0.00000126. The molecular weight excluding hydrogens is 662 g/mol. The van der Waals surface area contributed by atoms with E-state index in [1.54, 1.807) is 29.2 Å². The summed E-state index contributed by atoms with van der Waals surface area (Å²) in [4.78, 5) is 40.4. The number of rotatable bonds is 12. The fourth-order valence-corrected chi connectivity index (χ4v) is 7.32. The molecule has 0 spiro atoms. The summed E-state index contributed by atoms with van der Waals surface area (Å²) in [5, 5.41) is 13.7. The van der Waals surface area contributed by atoms with Crippen LogP contribution in [0.3, 0.4) is 0 Å². The number of benzene rings is 4. The summed E-state index contributed by atoms with van der Waals surface area (Å²) < 4.78 is 28.1. The molecule has 3 unspecified atom stereocenters. The smallest absolute Gasteiger partial charge is 0.233 e. The van der Waals surface area contributed by atoms with Crippen molar-refractivity contribution in [3.8, 4) is 0 Å². The van der Waals surface area contributed by atoms with E-state index >= 15 is 0 Å². The Kier molecular flexibility index (Phi) is 12.8. The minimum absolute atomic E-state index is 0.0554. The fourth-order valence-electron chi connectivity index (χ4n) is 7.32. The first-order chi connectivity index (χ1) is 25.2. The minimum Gasteiger partial charge on any atom is -0.388 e. The van der Waals surface area contributed by atoms with Crippen LogP contribution in [-0.2, 0) is 33.9 Å². The standard InChI is InChI=1S/C39H38F2N4O3.C2H6.CH2O/c40-31-11-9-29(10-12-31)36(46)18-17-35-38(44(39(35)48)34-15-13-32(41)14-16-34)30-7-5-27(6-8-30)22-43-37(47)21-26-1-3-28(4-2-26)23-45-20-19-42-33(24-45)25-45;2*1-2/h1-16,35-36,38,46H,17-25H2;1-2H3;1H2/p+1. The van der Waals surface area contributed by atoms with Crippen molar-refractivity contribution in [3.05, 3.63) is 137 Å². The predicted octanol–water partition coefficient (Wildman–Crippen LogP) is 6.67. The molecule has 0 radical (unpaired) electrons. The molecule has 10 heteroatoms. The number of β-lactam (4-membered cyclic amide) rings is 1. The molecular formula is C42H47F2N4O4+. The van der Waals surface area contributed by atoms with E-state index < -0.39 is 6.10 Å². The number of carbonyl (C=O) groups is 3. The van der Waals surface area contributed by atoms with Crippen molar-refractivity contribution in [1.82, 2.24) is 5.32 Å². The molecule has 8 rings (SSSR count). The Morgan fingerprint density at radius 3 is 2.06 bits per heavy atom. The lowest BCUT2D eigenvalue weighted by Gasteiger charge is -2.48. The highest BCUT2D eigenvalue weighted by Gasteiger charge is 2.48. The molecule has 4 aromatic carbocycles. The summed E-state index contributed by atoms with van der Waals surface area (Å²) in [5.74, 6) is -1.29. The summed E-state index contributed by atoms with van der Waals surface area (Å²) in [5.41, 5.74) is 6.64. The normalized spacial score (nSPS) is 18.6. The topological polar surface area (TPSA) is 99.1 Å². The number of amides is 2. The van der Waals surface area contributed by atoms with Crippen molar-refractivity contribution in [3.63, 3.8) is 0 Å². The van der Waals surface area contributed by atoms with Gasteiger partial charge in [-0.15, -0.1) is 0 Å². The maximum Gasteiger partial charge on any atom is 0.233 e. The van der Waals surface area contributed by atoms with Gasteiger partial charge in [0.2, 0.25) is 11.8 Å². The SMILES string of the molecule is C=O.CC.O=C(Cc1ccc(C[N+]23CCN=C(C2)C3)cc1)NCc1ccc(C2C(CCC(O)c3ccc(F)cc3)C(=O)N2c2ccc(F)cc2)cc1. The van der Waals surface area contributed by atoms with Crippen molar-refractivity contribution in [2.75, 3.05) is 31.1 Å². The average Bonchev–Trinajstić information content (AvgIpc) is 3.16. The largest absolute Gasteiger partial charge is 0.388 e. The molecule has 0 saturated carbocycles. The second kappa shape index (κ2) is 17.4. The molecule has 8 nitrogen and oxygen atoms in total. The molecule has 4 aliphatic rings. The molecule has 0 aliphatic carbocycles. The van der Waals surface area contributed by atoms with Gasteiger partial charge in [0, 0.05) is 17.8 Å². The van der Waals surface area contributed by atoms with E-state index in [0.29, 0.717) is 37.1 Å². The molecule has 4 aromatic rings. The number of nitrogens with zero attached hydrogens (tertiary/aromatic N) is 3. The van der Waals surface area contributed by atoms with Gasteiger partial charge < -0.3 is 24.6 Å². The van der Waals surface area contributed by atoms with Crippen molar-refractivity contribution >= 4 is 30.0 Å². The van der Waals surface area contributed by atoms with Crippen molar-refractivity contribution < 1.29 is 32.8 Å². The number of aliphatic imine (C=N–C) groups is 1. The lowest BCUT2D eigenvalue weighted by molar-refractivity contribution is -0.946. The van der Waals surface area contributed by atoms with Gasteiger partial charge in [0.25, 0.3) is 0 Å². The quantitative estimate of drug-likeness (QED) is 0.127. The number of quaternary nitrogens is 1. The van der Waals surface area contributed by atoms with Gasteiger partial charge in [0.1, 0.15) is 43.8 Å². The van der Waals surface area contributed by atoms with Crippen LogP contribution in [0.1, 0.15) is 66.7 Å². The zero-order valence-electron chi connectivity index (χ0n) is 29.8. The third-order valence-corrected chi connectivity index (χ3v) is 9.99. The van der Waals surface area contributed by atoms with Crippen LogP contribution >= 0.6 is 0 Å². The minimum atomic E-state index is -0.829. The molecule has 2 amide bonds. The molecule has 2 bridgehead atoms.